The van der Waals surface area contributed by atoms with Crippen molar-refractivity contribution in [3.05, 3.63) is 64.7 Å². The van der Waals surface area contributed by atoms with Crippen molar-refractivity contribution in [2.24, 2.45) is 0 Å². The third kappa shape index (κ3) is 3.85. The Morgan fingerprint density at radius 1 is 1.09 bits per heavy atom. The van der Waals surface area contributed by atoms with E-state index in [0.717, 1.165) is 0 Å². The van der Waals surface area contributed by atoms with Gasteiger partial charge >= 0.3 is 5.97 Å². The lowest BCUT2D eigenvalue weighted by Crippen LogP contribution is -2.26. The van der Waals surface area contributed by atoms with E-state index in [-0.39, 0.29) is 28.4 Å². The molecule has 116 valence electrons. The van der Waals surface area contributed by atoms with E-state index < -0.39 is 16.0 Å². The molecule has 0 aliphatic carbocycles. The molecule has 5 nitrogen and oxygen atoms in total. The Bertz CT molecular complexity index is 790. The third-order valence-corrected chi connectivity index (χ3v) is 5.02. The van der Waals surface area contributed by atoms with Crippen LogP contribution in [0.5, 0.6) is 0 Å². The molecule has 2 aromatic rings. The number of rotatable bonds is 6. The fourth-order valence-corrected chi connectivity index (χ4v) is 3.56. The average molecular weight is 340 g/mol. The monoisotopic (exact) mass is 339 g/mol. The number of nitrogens with one attached hydrogen (secondary N) is 1. The van der Waals surface area contributed by atoms with Crippen molar-refractivity contribution < 1.29 is 18.3 Å². The number of carboxylic acid groups (broad SMARTS) is 1. The highest BCUT2D eigenvalue weighted by Gasteiger charge is 2.17. The Balaban J connectivity index is 2.09. The molecule has 2 rings (SSSR count). The van der Waals surface area contributed by atoms with E-state index in [1.54, 1.807) is 30.3 Å². The number of carboxylic acids is 1. The van der Waals surface area contributed by atoms with E-state index in [9.17, 15) is 13.2 Å². The lowest BCUT2D eigenvalue weighted by molar-refractivity contribution is 0.0695. The standard InChI is InChI=1S/C15H14ClNO4S/c16-13-7-3-4-8-14(13)22(20,21)17-10-9-11-5-1-2-6-12(11)15(18)19/h1-8,17H,9-10H2,(H,18,19). The minimum absolute atomic E-state index is 0.00295. The highest BCUT2D eigenvalue weighted by atomic mass is 35.5. The van der Waals surface area contributed by atoms with Gasteiger partial charge in [-0.3, -0.25) is 0 Å². The molecule has 7 heteroatoms. The van der Waals surface area contributed by atoms with Gasteiger partial charge in [-0.1, -0.05) is 41.9 Å². The molecule has 0 aliphatic heterocycles. The predicted molar refractivity (Wildman–Crippen MR) is 83.7 cm³/mol. The van der Waals surface area contributed by atoms with Crippen molar-refractivity contribution in [2.45, 2.75) is 11.3 Å². The quantitative estimate of drug-likeness (QED) is 0.847. The number of aromatic carboxylic acids is 1. The van der Waals surface area contributed by atoms with Gasteiger partial charge in [0.15, 0.2) is 0 Å². The lowest BCUT2D eigenvalue weighted by atomic mass is 10.1. The maximum absolute atomic E-state index is 12.2. The molecule has 0 spiro atoms. The number of halogens is 1. The zero-order valence-electron chi connectivity index (χ0n) is 11.5. The molecule has 22 heavy (non-hydrogen) atoms. The number of hydrogen-bond donors (Lipinski definition) is 2. The summed E-state index contributed by atoms with van der Waals surface area (Å²) in [5.74, 6) is -1.04. The van der Waals surface area contributed by atoms with Crippen molar-refractivity contribution in [3.63, 3.8) is 0 Å². The van der Waals surface area contributed by atoms with Crippen LogP contribution in [-0.4, -0.2) is 26.0 Å². The topological polar surface area (TPSA) is 83.5 Å². The maximum atomic E-state index is 12.2. The fraction of sp³-hybridized carbons (Fsp3) is 0.133. The summed E-state index contributed by atoms with van der Waals surface area (Å²) >= 11 is 5.87. The smallest absolute Gasteiger partial charge is 0.335 e. The van der Waals surface area contributed by atoms with Gasteiger partial charge in [0.05, 0.1) is 10.6 Å². The highest BCUT2D eigenvalue weighted by Crippen LogP contribution is 2.20. The average Bonchev–Trinajstić information content (AvgIpc) is 2.47. The van der Waals surface area contributed by atoms with Crippen LogP contribution in [0.15, 0.2) is 53.4 Å². The summed E-state index contributed by atoms with van der Waals surface area (Å²) in [6.45, 7) is 0.0812. The van der Waals surface area contributed by atoms with Crippen molar-refractivity contribution in [1.29, 1.82) is 0 Å². The van der Waals surface area contributed by atoms with E-state index in [1.165, 1.54) is 18.2 Å². The first-order valence-corrected chi connectivity index (χ1v) is 8.33. The van der Waals surface area contributed by atoms with Gasteiger partial charge in [0, 0.05) is 6.54 Å². The molecular weight excluding hydrogens is 326 g/mol. The minimum Gasteiger partial charge on any atom is -0.478 e. The van der Waals surface area contributed by atoms with Crippen LogP contribution in [-0.2, 0) is 16.4 Å². The predicted octanol–water partition coefficient (Wildman–Crippen LogP) is 2.56. The van der Waals surface area contributed by atoms with E-state index in [2.05, 4.69) is 4.72 Å². The largest absolute Gasteiger partial charge is 0.478 e. The summed E-state index contributed by atoms with van der Waals surface area (Å²) in [6.07, 6.45) is 0.270. The van der Waals surface area contributed by atoms with Crippen molar-refractivity contribution in [3.8, 4) is 0 Å². The van der Waals surface area contributed by atoms with Gasteiger partial charge in [-0.25, -0.2) is 17.9 Å². The normalized spacial score (nSPS) is 11.3. The SMILES string of the molecule is O=C(O)c1ccccc1CCNS(=O)(=O)c1ccccc1Cl. The molecule has 0 bridgehead atoms. The molecule has 0 saturated carbocycles. The van der Waals surface area contributed by atoms with Crippen LogP contribution >= 0.6 is 11.6 Å². The second-order valence-electron chi connectivity index (χ2n) is 4.54. The Morgan fingerprint density at radius 3 is 2.41 bits per heavy atom. The first-order valence-electron chi connectivity index (χ1n) is 6.47. The molecule has 0 heterocycles. The van der Waals surface area contributed by atoms with Gasteiger partial charge in [0.1, 0.15) is 4.90 Å². The summed E-state index contributed by atoms with van der Waals surface area (Å²) < 4.78 is 26.7. The number of hydrogen-bond acceptors (Lipinski definition) is 3. The van der Waals surface area contributed by atoms with Gasteiger partial charge in [-0.15, -0.1) is 0 Å². The molecular formula is C15H14ClNO4S. The van der Waals surface area contributed by atoms with E-state index in [1.807, 2.05) is 0 Å². The summed E-state index contributed by atoms with van der Waals surface area (Å²) in [6, 6.07) is 12.6. The van der Waals surface area contributed by atoms with E-state index >= 15 is 0 Å². The Morgan fingerprint density at radius 2 is 1.73 bits per heavy atom. The minimum atomic E-state index is -3.72. The third-order valence-electron chi connectivity index (χ3n) is 3.06. The molecule has 0 fully saturated rings. The summed E-state index contributed by atoms with van der Waals surface area (Å²) in [7, 11) is -3.72. The number of benzene rings is 2. The van der Waals surface area contributed by atoms with Gasteiger partial charge in [-0.05, 0) is 30.2 Å². The Labute approximate surface area is 133 Å². The number of carbonyl (C=O) groups is 1. The first kappa shape index (κ1) is 16.5. The molecule has 2 aromatic carbocycles. The Hall–Kier alpha value is -1.89. The summed E-state index contributed by atoms with van der Waals surface area (Å²) in [5, 5.41) is 9.22. The van der Waals surface area contributed by atoms with Crippen molar-refractivity contribution >= 4 is 27.6 Å². The van der Waals surface area contributed by atoms with Gasteiger partial charge in [0.2, 0.25) is 10.0 Å². The number of sulfonamides is 1. The summed E-state index contributed by atoms with van der Waals surface area (Å²) in [5.41, 5.74) is 0.733. The van der Waals surface area contributed by atoms with E-state index in [0.29, 0.717) is 5.56 Å². The first-order chi connectivity index (χ1) is 10.4. The highest BCUT2D eigenvalue weighted by molar-refractivity contribution is 7.89. The van der Waals surface area contributed by atoms with Crippen LogP contribution in [0.4, 0.5) is 0 Å². The molecule has 0 saturated heterocycles. The molecule has 0 aromatic heterocycles. The zero-order chi connectivity index (χ0) is 16.2. The maximum Gasteiger partial charge on any atom is 0.335 e. The fourth-order valence-electron chi connectivity index (χ4n) is 2.01. The lowest BCUT2D eigenvalue weighted by Gasteiger charge is -2.09. The van der Waals surface area contributed by atoms with Crippen molar-refractivity contribution in [2.75, 3.05) is 6.54 Å². The van der Waals surface area contributed by atoms with Gasteiger partial charge in [0.25, 0.3) is 0 Å². The molecule has 2 N–H and O–H groups in total. The van der Waals surface area contributed by atoms with Crippen LogP contribution in [0, 0.1) is 0 Å². The van der Waals surface area contributed by atoms with Crippen LogP contribution in [0.1, 0.15) is 15.9 Å². The van der Waals surface area contributed by atoms with Crippen LogP contribution in [0.3, 0.4) is 0 Å². The molecule has 0 atom stereocenters. The Kier molecular flexibility index (Phi) is 5.18. The van der Waals surface area contributed by atoms with Gasteiger partial charge in [-0.2, -0.15) is 0 Å². The molecule has 0 unspecified atom stereocenters. The van der Waals surface area contributed by atoms with Crippen molar-refractivity contribution in [1.82, 2.24) is 4.72 Å². The summed E-state index contributed by atoms with van der Waals surface area (Å²) in [4.78, 5) is 11.1. The second-order valence-corrected chi connectivity index (χ2v) is 6.68. The zero-order valence-corrected chi connectivity index (χ0v) is 13.1. The molecule has 0 radical (unpaired) electrons. The van der Waals surface area contributed by atoms with Gasteiger partial charge < -0.3 is 5.11 Å². The van der Waals surface area contributed by atoms with Crippen LogP contribution < -0.4 is 4.72 Å². The molecule has 0 amide bonds. The molecule has 0 aliphatic rings. The van der Waals surface area contributed by atoms with Crippen LogP contribution in [0.25, 0.3) is 0 Å². The van der Waals surface area contributed by atoms with E-state index in [4.69, 9.17) is 16.7 Å². The second kappa shape index (κ2) is 6.91. The van der Waals surface area contributed by atoms with Crippen LogP contribution in [0.2, 0.25) is 5.02 Å².